The van der Waals surface area contributed by atoms with Crippen molar-refractivity contribution < 1.29 is 8.42 Å². The molecule has 26 heavy (non-hydrogen) atoms. The Balaban J connectivity index is 1.97. The Morgan fingerprint density at radius 1 is 1.08 bits per heavy atom. The molecule has 1 N–H and O–H groups in total. The monoisotopic (exact) mass is 389 g/mol. The second-order valence-corrected chi connectivity index (χ2v) is 8.34. The molecule has 0 spiro atoms. The van der Waals surface area contributed by atoms with Crippen LogP contribution in [0.15, 0.2) is 65.7 Å². The summed E-state index contributed by atoms with van der Waals surface area (Å²) in [4.78, 5) is 0.157. The topological polar surface area (TPSA) is 64.0 Å². The van der Waals surface area contributed by atoms with Crippen molar-refractivity contribution in [3.05, 3.63) is 71.4 Å². The van der Waals surface area contributed by atoms with Crippen LogP contribution in [0.5, 0.6) is 0 Å². The fourth-order valence-corrected chi connectivity index (χ4v) is 3.89. The normalized spacial score (nSPS) is 11.8. The largest absolute Gasteiger partial charge is 0.268 e. The molecule has 0 aliphatic carbocycles. The molecule has 2 aromatic carbocycles. The number of aromatic nitrogens is 2. The van der Waals surface area contributed by atoms with Crippen molar-refractivity contribution in [3.63, 3.8) is 0 Å². The van der Waals surface area contributed by atoms with Crippen LogP contribution >= 0.6 is 11.6 Å². The van der Waals surface area contributed by atoms with E-state index in [2.05, 4.69) is 9.82 Å². The molecule has 0 fully saturated rings. The number of hydrogen-bond acceptors (Lipinski definition) is 3. The Morgan fingerprint density at radius 3 is 2.38 bits per heavy atom. The molecule has 3 aromatic rings. The summed E-state index contributed by atoms with van der Waals surface area (Å²) in [7, 11) is -3.76. The number of nitrogens with zero attached hydrogens (tertiary/aromatic N) is 2. The maximum absolute atomic E-state index is 12.9. The number of hydrogen-bond donors (Lipinski definition) is 1. The van der Waals surface area contributed by atoms with E-state index < -0.39 is 10.0 Å². The minimum Gasteiger partial charge on any atom is -0.268 e. The van der Waals surface area contributed by atoms with Crippen LogP contribution in [0.2, 0.25) is 5.02 Å². The van der Waals surface area contributed by atoms with Gasteiger partial charge >= 0.3 is 0 Å². The number of benzene rings is 2. The first-order valence-corrected chi connectivity index (χ1v) is 10.1. The first-order valence-electron chi connectivity index (χ1n) is 8.26. The van der Waals surface area contributed by atoms with Crippen LogP contribution in [-0.4, -0.2) is 18.2 Å². The molecule has 1 aromatic heterocycles. The summed E-state index contributed by atoms with van der Waals surface area (Å²) >= 11 is 6.12. The molecular weight excluding hydrogens is 370 g/mol. The van der Waals surface area contributed by atoms with Gasteiger partial charge in [0.05, 0.1) is 0 Å². The van der Waals surface area contributed by atoms with Crippen LogP contribution in [0, 0.1) is 0 Å². The standard InChI is InChI=1S/C19H20ClN3O2S/c1-14(2)23-13-18(19(22-23)15-8-4-3-5-9-15)26(24,25)21-12-16-10-6-7-11-17(16)20/h3-11,13-14,21H,12H2,1-2H3. The molecule has 0 aliphatic heterocycles. The van der Waals surface area contributed by atoms with Crippen molar-refractivity contribution in [3.8, 4) is 11.3 Å². The van der Waals surface area contributed by atoms with E-state index in [1.807, 2.05) is 50.2 Å². The lowest BCUT2D eigenvalue weighted by molar-refractivity contribution is 0.532. The second-order valence-electron chi connectivity index (χ2n) is 6.20. The minimum atomic E-state index is -3.76. The first kappa shape index (κ1) is 18.6. The van der Waals surface area contributed by atoms with E-state index >= 15 is 0 Å². The van der Waals surface area contributed by atoms with Gasteiger partial charge in [-0.3, -0.25) is 4.68 Å². The predicted octanol–water partition coefficient (Wildman–Crippen LogP) is 4.26. The number of nitrogens with one attached hydrogen (secondary N) is 1. The molecule has 0 bridgehead atoms. The molecular formula is C19H20ClN3O2S. The number of sulfonamides is 1. The van der Waals surface area contributed by atoms with Crippen molar-refractivity contribution in [1.82, 2.24) is 14.5 Å². The van der Waals surface area contributed by atoms with Crippen molar-refractivity contribution >= 4 is 21.6 Å². The lowest BCUT2D eigenvalue weighted by atomic mass is 10.2. The van der Waals surface area contributed by atoms with Crippen LogP contribution in [0.25, 0.3) is 11.3 Å². The van der Waals surface area contributed by atoms with Gasteiger partial charge < -0.3 is 0 Å². The summed E-state index contributed by atoms with van der Waals surface area (Å²) in [6.07, 6.45) is 1.57. The molecule has 136 valence electrons. The zero-order chi connectivity index (χ0) is 18.7. The molecule has 0 saturated heterocycles. The fourth-order valence-electron chi connectivity index (χ4n) is 2.52. The molecule has 0 aliphatic rings. The summed E-state index contributed by atoms with van der Waals surface area (Å²) in [5.74, 6) is 0. The van der Waals surface area contributed by atoms with Gasteiger partial charge in [0, 0.05) is 29.4 Å². The summed E-state index contributed by atoms with van der Waals surface area (Å²) in [6, 6.07) is 16.5. The molecule has 0 saturated carbocycles. The summed E-state index contributed by atoms with van der Waals surface area (Å²) in [5, 5.41) is 5.01. The van der Waals surface area contributed by atoms with E-state index in [-0.39, 0.29) is 17.5 Å². The SMILES string of the molecule is CC(C)n1cc(S(=O)(=O)NCc2ccccc2Cl)c(-c2ccccc2)n1. The number of halogens is 1. The van der Waals surface area contributed by atoms with Gasteiger partial charge in [-0.15, -0.1) is 0 Å². The molecule has 0 atom stereocenters. The van der Waals surface area contributed by atoms with E-state index in [1.165, 1.54) is 0 Å². The lowest BCUT2D eigenvalue weighted by Crippen LogP contribution is -2.23. The van der Waals surface area contributed by atoms with Crippen LogP contribution in [0.1, 0.15) is 25.5 Å². The van der Waals surface area contributed by atoms with Gasteiger partial charge in [-0.2, -0.15) is 5.10 Å². The Labute approximate surface area is 158 Å². The Bertz CT molecular complexity index is 999. The smallest absolute Gasteiger partial charge is 0.244 e. The van der Waals surface area contributed by atoms with E-state index in [0.29, 0.717) is 10.7 Å². The highest BCUT2D eigenvalue weighted by Crippen LogP contribution is 2.27. The highest BCUT2D eigenvalue weighted by atomic mass is 35.5. The zero-order valence-corrected chi connectivity index (χ0v) is 16.1. The second kappa shape index (κ2) is 7.61. The average molecular weight is 390 g/mol. The molecule has 5 nitrogen and oxygen atoms in total. The van der Waals surface area contributed by atoms with Crippen molar-refractivity contribution in [2.45, 2.75) is 31.3 Å². The van der Waals surface area contributed by atoms with E-state index in [0.717, 1.165) is 11.1 Å². The molecule has 1 heterocycles. The van der Waals surface area contributed by atoms with Gasteiger partial charge in [0.2, 0.25) is 10.0 Å². The summed E-state index contributed by atoms with van der Waals surface area (Å²) in [6.45, 7) is 4.02. The quantitative estimate of drug-likeness (QED) is 0.684. The fraction of sp³-hybridized carbons (Fsp3) is 0.211. The maximum atomic E-state index is 12.9. The van der Waals surface area contributed by atoms with Gasteiger partial charge in [-0.1, -0.05) is 60.1 Å². The summed E-state index contributed by atoms with van der Waals surface area (Å²) < 4.78 is 30.2. The van der Waals surface area contributed by atoms with Gasteiger partial charge in [0.25, 0.3) is 0 Å². The molecule has 3 rings (SSSR count). The van der Waals surface area contributed by atoms with Crippen LogP contribution in [-0.2, 0) is 16.6 Å². The van der Waals surface area contributed by atoms with Crippen molar-refractivity contribution in [1.29, 1.82) is 0 Å². The Kier molecular flexibility index (Phi) is 5.46. The van der Waals surface area contributed by atoms with Crippen LogP contribution in [0.3, 0.4) is 0 Å². The molecule has 0 unspecified atom stereocenters. The first-order chi connectivity index (χ1) is 12.4. The van der Waals surface area contributed by atoms with Gasteiger partial charge in [0.1, 0.15) is 10.6 Å². The Hall–Kier alpha value is -2.15. The molecule has 0 amide bonds. The van der Waals surface area contributed by atoms with E-state index in [1.54, 1.807) is 29.1 Å². The third-order valence-electron chi connectivity index (χ3n) is 3.97. The highest BCUT2D eigenvalue weighted by molar-refractivity contribution is 7.89. The lowest BCUT2D eigenvalue weighted by Gasteiger charge is -2.08. The van der Waals surface area contributed by atoms with Gasteiger partial charge in [0.15, 0.2) is 0 Å². The third kappa shape index (κ3) is 3.98. The summed E-state index contributed by atoms with van der Waals surface area (Å²) in [5.41, 5.74) is 1.91. The average Bonchev–Trinajstić information content (AvgIpc) is 3.09. The molecule has 0 radical (unpaired) electrons. The third-order valence-corrected chi connectivity index (χ3v) is 5.75. The van der Waals surface area contributed by atoms with Crippen LogP contribution < -0.4 is 4.72 Å². The predicted molar refractivity (Wildman–Crippen MR) is 104 cm³/mol. The van der Waals surface area contributed by atoms with E-state index in [9.17, 15) is 8.42 Å². The van der Waals surface area contributed by atoms with Gasteiger partial charge in [-0.25, -0.2) is 13.1 Å². The maximum Gasteiger partial charge on any atom is 0.244 e. The minimum absolute atomic E-state index is 0.0463. The highest BCUT2D eigenvalue weighted by Gasteiger charge is 2.24. The number of rotatable bonds is 6. The van der Waals surface area contributed by atoms with E-state index in [4.69, 9.17) is 11.6 Å². The zero-order valence-electron chi connectivity index (χ0n) is 14.6. The van der Waals surface area contributed by atoms with Gasteiger partial charge in [-0.05, 0) is 25.5 Å². The van der Waals surface area contributed by atoms with Crippen molar-refractivity contribution in [2.75, 3.05) is 0 Å². The van der Waals surface area contributed by atoms with Crippen molar-refractivity contribution in [2.24, 2.45) is 0 Å². The Morgan fingerprint density at radius 2 is 1.73 bits per heavy atom. The van der Waals surface area contributed by atoms with Crippen LogP contribution in [0.4, 0.5) is 0 Å². The molecule has 7 heteroatoms.